The molecule has 0 spiro atoms. The fraction of sp³-hybridized carbons (Fsp3) is 0.364. The van der Waals surface area contributed by atoms with Crippen molar-refractivity contribution in [3.63, 3.8) is 0 Å². The van der Waals surface area contributed by atoms with Crippen LogP contribution in [0.2, 0.25) is 0 Å². The molecule has 2 unspecified atom stereocenters. The molecule has 0 aliphatic heterocycles. The molecule has 0 amide bonds. The number of hydrogen-bond donors (Lipinski definition) is 2. The van der Waals surface area contributed by atoms with E-state index in [4.69, 9.17) is 5.53 Å². The number of rotatable bonds is 6. The van der Waals surface area contributed by atoms with E-state index in [1.54, 1.807) is 12.1 Å². The number of benzene rings is 1. The minimum absolute atomic E-state index is 0.113. The second-order valence-corrected chi connectivity index (χ2v) is 3.55. The number of hydrogen-bond acceptors (Lipinski definition) is 5. The molecule has 18 heavy (non-hydrogen) atoms. The average Bonchev–Trinajstić information content (AvgIpc) is 2.39. The quantitative estimate of drug-likeness (QED) is 0.262. The van der Waals surface area contributed by atoms with Gasteiger partial charge in [0.15, 0.2) is 0 Å². The SMILES string of the molecule is [N-]=[N+]=NCCC(O)C(O)c1ccc(N=C=O)cc1. The fourth-order valence-corrected chi connectivity index (χ4v) is 1.41. The Labute approximate surface area is 103 Å². The first kappa shape index (κ1) is 13.9. The summed E-state index contributed by atoms with van der Waals surface area (Å²) in [5.74, 6) is 0. The zero-order chi connectivity index (χ0) is 13.4. The lowest BCUT2D eigenvalue weighted by Crippen LogP contribution is -2.18. The molecule has 0 aliphatic rings. The highest BCUT2D eigenvalue weighted by atomic mass is 16.3. The van der Waals surface area contributed by atoms with Gasteiger partial charge in [0.05, 0.1) is 11.8 Å². The van der Waals surface area contributed by atoms with E-state index in [9.17, 15) is 15.0 Å². The van der Waals surface area contributed by atoms with Gasteiger partial charge in [-0.25, -0.2) is 4.79 Å². The van der Waals surface area contributed by atoms with Gasteiger partial charge in [-0.3, -0.25) is 0 Å². The van der Waals surface area contributed by atoms with Gasteiger partial charge in [-0.05, 0) is 29.6 Å². The molecule has 7 nitrogen and oxygen atoms in total. The van der Waals surface area contributed by atoms with E-state index in [0.717, 1.165) is 0 Å². The van der Waals surface area contributed by atoms with Gasteiger partial charge in [-0.1, -0.05) is 17.2 Å². The summed E-state index contributed by atoms with van der Waals surface area (Å²) in [6.45, 7) is 0.113. The van der Waals surface area contributed by atoms with Crippen LogP contribution in [0.25, 0.3) is 10.4 Å². The van der Waals surface area contributed by atoms with Crippen LogP contribution < -0.4 is 0 Å². The van der Waals surface area contributed by atoms with Crippen LogP contribution >= 0.6 is 0 Å². The van der Waals surface area contributed by atoms with E-state index >= 15 is 0 Å². The molecule has 1 aromatic carbocycles. The summed E-state index contributed by atoms with van der Waals surface area (Å²) in [7, 11) is 0. The highest BCUT2D eigenvalue weighted by molar-refractivity contribution is 5.49. The highest BCUT2D eigenvalue weighted by Crippen LogP contribution is 2.21. The van der Waals surface area contributed by atoms with Gasteiger partial charge in [0, 0.05) is 11.5 Å². The van der Waals surface area contributed by atoms with Crippen molar-refractivity contribution < 1.29 is 15.0 Å². The van der Waals surface area contributed by atoms with Gasteiger partial charge in [0.1, 0.15) is 6.10 Å². The molecule has 0 heterocycles. The van der Waals surface area contributed by atoms with Gasteiger partial charge in [-0.15, -0.1) is 0 Å². The van der Waals surface area contributed by atoms with E-state index < -0.39 is 12.2 Å². The van der Waals surface area contributed by atoms with Crippen LogP contribution in [0.5, 0.6) is 0 Å². The number of aliphatic imine (C=N–C) groups is 1. The van der Waals surface area contributed by atoms with Crippen molar-refractivity contribution in [3.05, 3.63) is 40.3 Å². The summed E-state index contributed by atoms with van der Waals surface area (Å²) in [4.78, 5) is 16.0. The Morgan fingerprint density at radius 2 is 2.00 bits per heavy atom. The molecule has 2 atom stereocenters. The minimum atomic E-state index is -1.08. The molecule has 7 heteroatoms. The third kappa shape index (κ3) is 4.01. The topological polar surface area (TPSA) is 119 Å². The molecule has 2 N–H and O–H groups in total. The van der Waals surface area contributed by atoms with Gasteiger partial charge < -0.3 is 10.2 Å². The molecule has 0 saturated heterocycles. The smallest absolute Gasteiger partial charge is 0.240 e. The predicted octanol–water partition coefficient (Wildman–Crippen LogP) is 1.75. The molecule has 94 valence electrons. The van der Waals surface area contributed by atoms with Crippen molar-refractivity contribution in [1.29, 1.82) is 0 Å². The van der Waals surface area contributed by atoms with E-state index in [1.807, 2.05) is 0 Å². The molecule has 0 aliphatic carbocycles. The van der Waals surface area contributed by atoms with Gasteiger partial charge in [0.25, 0.3) is 0 Å². The number of nitrogens with zero attached hydrogens (tertiary/aromatic N) is 4. The highest BCUT2D eigenvalue weighted by Gasteiger charge is 2.17. The van der Waals surface area contributed by atoms with Crippen molar-refractivity contribution in [1.82, 2.24) is 0 Å². The molecular weight excluding hydrogens is 236 g/mol. The summed E-state index contributed by atoms with van der Waals surface area (Å²) < 4.78 is 0. The van der Waals surface area contributed by atoms with E-state index in [1.165, 1.54) is 18.2 Å². The van der Waals surface area contributed by atoms with Crippen LogP contribution in [0, 0.1) is 0 Å². The second-order valence-electron chi connectivity index (χ2n) is 3.55. The third-order valence-corrected chi connectivity index (χ3v) is 2.36. The lowest BCUT2D eigenvalue weighted by molar-refractivity contribution is 0.0150. The molecule has 1 rings (SSSR count). The van der Waals surface area contributed by atoms with Gasteiger partial charge >= 0.3 is 0 Å². The van der Waals surface area contributed by atoms with Gasteiger partial charge in [-0.2, -0.15) is 4.99 Å². The van der Waals surface area contributed by atoms with Gasteiger partial charge in [0.2, 0.25) is 6.08 Å². The van der Waals surface area contributed by atoms with Crippen molar-refractivity contribution in [3.8, 4) is 0 Å². The maximum atomic E-state index is 10.0. The summed E-state index contributed by atoms with van der Waals surface area (Å²) in [6.07, 6.45) is -0.521. The lowest BCUT2D eigenvalue weighted by atomic mass is 10.0. The maximum Gasteiger partial charge on any atom is 0.240 e. The first-order valence-corrected chi connectivity index (χ1v) is 5.24. The summed E-state index contributed by atoms with van der Waals surface area (Å²) >= 11 is 0. The molecule has 1 aromatic rings. The number of isocyanates is 1. The van der Waals surface area contributed by atoms with E-state index in [2.05, 4.69) is 15.0 Å². The standard InChI is InChI=1S/C11H12N4O3/c12-15-14-6-5-10(17)11(18)8-1-3-9(4-2-8)13-7-16/h1-4,10-11,17-18H,5-6H2. The largest absolute Gasteiger partial charge is 0.390 e. The predicted molar refractivity (Wildman–Crippen MR) is 63.8 cm³/mol. The molecular formula is C11H12N4O3. The number of aliphatic hydroxyl groups excluding tert-OH is 2. The Bertz CT molecular complexity index is 476. The first-order valence-electron chi connectivity index (χ1n) is 5.24. The molecule has 0 saturated carbocycles. The second kappa shape index (κ2) is 7.21. The average molecular weight is 248 g/mol. The normalized spacial score (nSPS) is 13.0. The van der Waals surface area contributed by atoms with Crippen molar-refractivity contribution in [2.75, 3.05) is 6.54 Å². The summed E-state index contributed by atoms with van der Waals surface area (Å²) in [5.41, 5.74) is 9.00. The summed E-state index contributed by atoms with van der Waals surface area (Å²) in [6, 6.07) is 6.17. The summed E-state index contributed by atoms with van der Waals surface area (Å²) in [5, 5.41) is 22.7. The van der Waals surface area contributed by atoms with E-state index in [0.29, 0.717) is 11.3 Å². The zero-order valence-corrected chi connectivity index (χ0v) is 9.47. The van der Waals surface area contributed by atoms with Crippen LogP contribution in [-0.4, -0.2) is 28.9 Å². The Balaban J connectivity index is 2.67. The minimum Gasteiger partial charge on any atom is -0.390 e. The number of aliphatic hydroxyl groups is 2. The Morgan fingerprint density at radius 3 is 2.56 bits per heavy atom. The van der Waals surface area contributed by atoms with Crippen LogP contribution in [0.4, 0.5) is 5.69 Å². The molecule has 0 bridgehead atoms. The van der Waals surface area contributed by atoms with Crippen molar-refractivity contribution in [2.45, 2.75) is 18.6 Å². The van der Waals surface area contributed by atoms with Crippen LogP contribution in [-0.2, 0) is 4.79 Å². The Morgan fingerprint density at radius 1 is 1.33 bits per heavy atom. The maximum absolute atomic E-state index is 10.0. The Hall–Kier alpha value is -2.17. The van der Waals surface area contributed by atoms with Crippen molar-refractivity contribution in [2.24, 2.45) is 10.1 Å². The molecule has 0 radical (unpaired) electrons. The fourth-order valence-electron chi connectivity index (χ4n) is 1.41. The monoisotopic (exact) mass is 248 g/mol. The molecule has 0 aromatic heterocycles. The van der Waals surface area contributed by atoms with Crippen LogP contribution in [0.3, 0.4) is 0 Å². The Kier molecular flexibility index (Phi) is 5.57. The lowest BCUT2D eigenvalue weighted by Gasteiger charge is -2.17. The van der Waals surface area contributed by atoms with Crippen LogP contribution in [0.1, 0.15) is 18.1 Å². The van der Waals surface area contributed by atoms with Crippen LogP contribution in [0.15, 0.2) is 34.4 Å². The third-order valence-electron chi connectivity index (χ3n) is 2.36. The number of azide groups is 1. The van der Waals surface area contributed by atoms with Crippen molar-refractivity contribution >= 4 is 11.8 Å². The molecule has 0 fully saturated rings. The zero-order valence-electron chi connectivity index (χ0n) is 9.47. The van der Waals surface area contributed by atoms with E-state index in [-0.39, 0.29) is 13.0 Å². The number of carbonyl (C=O) groups excluding carboxylic acids is 1. The first-order chi connectivity index (χ1) is 8.69.